The molecule has 0 amide bonds. The van der Waals surface area contributed by atoms with E-state index in [0.29, 0.717) is 31.4 Å². The number of nitrogens with zero attached hydrogens (tertiary/aromatic N) is 4. The van der Waals surface area contributed by atoms with Gasteiger partial charge >= 0.3 is 0 Å². The fourth-order valence-electron chi connectivity index (χ4n) is 6.15. The molecule has 1 saturated carbocycles. The molecule has 7 nitrogen and oxygen atoms in total. The summed E-state index contributed by atoms with van der Waals surface area (Å²) in [5.41, 5.74) is 4.91. The van der Waals surface area contributed by atoms with Gasteiger partial charge in [-0.05, 0) is 82.2 Å². The summed E-state index contributed by atoms with van der Waals surface area (Å²) in [6.45, 7) is 3.80. The molecule has 2 aliphatic rings. The van der Waals surface area contributed by atoms with Gasteiger partial charge in [0.25, 0.3) is 0 Å². The minimum absolute atomic E-state index is 0.137. The topological polar surface area (TPSA) is 87.6 Å². The minimum Gasteiger partial charge on any atom is -0.393 e. The summed E-state index contributed by atoms with van der Waals surface area (Å²) in [4.78, 5) is 6.84. The van der Waals surface area contributed by atoms with Gasteiger partial charge in [-0.1, -0.05) is 11.2 Å². The Bertz CT molecular complexity index is 1440. The number of aliphatic hydroxyl groups is 2. The molecule has 1 saturated heterocycles. The second-order valence-electron chi connectivity index (χ2n) is 10.3. The standard InChI is InChI=1S/C28H30F2N4O3/c1-15-27(16(2)37-32-15)17-3-10-24-23(13-17)31-28(34(24)18-4-7-20(35)8-5-18)25-11-12-26(36)33(25)19-6-9-21(29)22(30)14-19/h3,6,9-10,13-14,18,20,25-26,35-36H,4-5,7-8,11-12H2,1-2H3/t18?,20?,25-,26?/m0/s1. The van der Waals surface area contributed by atoms with Crippen LogP contribution in [0.15, 0.2) is 40.9 Å². The molecule has 0 radical (unpaired) electrons. The number of fused-ring (bicyclic) bond motifs is 1. The van der Waals surface area contributed by atoms with Crippen LogP contribution < -0.4 is 4.90 Å². The number of aryl methyl sites for hydroxylation is 2. The van der Waals surface area contributed by atoms with E-state index in [9.17, 15) is 19.0 Å². The van der Waals surface area contributed by atoms with Crippen LogP contribution in [-0.4, -0.2) is 37.3 Å². The summed E-state index contributed by atoms with van der Waals surface area (Å²) in [5, 5.41) is 25.1. The molecule has 0 bridgehead atoms. The van der Waals surface area contributed by atoms with E-state index in [-0.39, 0.29) is 18.2 Å². The summed E-state index contributed by atoms with van der Waals surface area (Å²) in [5.74, 6) is -0.349. The van der Waals surface area contributed by atoms with Crippen LogP contribution in [-0.2, 0) is 0 Å². The summed E-state index contributed by atoms with van der Waals surface area (Å²) in [7, 11) is 0. The molecule has 2 aromatic carbocycles. The smallest absolute Gasteiger partial charge is 0.160 e. The van der Waals surface area contributed by atoms with Crippen LogP contribution in [0.1, 0.15) is 67.9 Å². The Morgan fingerprint density at radius 2 is 1.70 bits per heavy atom. The minimum atomic E-state index is -0.950. The monoisotopic (exact) mass is 508 g/mol. The summed E-state index contributed by atoms with van der Waals surface area (Å²) in [6, 6.07) is 9.69. The predicted octanol–water partition coefficient (Wildman–Crippen LogP) is 5.72. The van der Waals surface area contributed by atoms with E-state index < -0.39 is 17.9 Å². The third-order valence-corrected chi connectivity index (χ3v) is 7.92. The summed E-state index contributed by atoms with van der Waals surface area (Å²) in [6.07, 6.45) is 3.01. The Morgan fingerprint density at radius 3 is 2.41 bits per heavy atom. The molecule has 6 rings (SSSR count). The summed E-state index contributed by atoms with van der Waals surface area (Å²) >= 11 is 0. The summed E-state index contributed by atoms with van der Waals surface area (Å²) < 4.78 is 35.5. The predicted molar refractivity (Wildman–Crippen MR) is 135 cm³/mol. The molecule has 2 atom stereocenters. The number of benzene rings is 2. The Balaban J connectivity index is 1.50. The van der Waals surface area contributed by atoms with E-state index in [1.807, 2.05) is 26.0 Å². The first-order valence-corrected chi connectivity index (χ1v) is 12.9. The highest BCUT2D eigenvalue weighted by atomic mass is 19.2. The Kier molecular flexibility index (Phi) is 6.00. The van der Waals surface area contributed by atoms with E-state index >= 15 is 0 Å². The number of halogens is 2. The third kappa shape index (κ3) is 4.10. The van der Waals surface area contributed by atoms with Gasteiger partial charge < -0.3 is 24.2 Å². The van der Waals surface area contributed by atoms with Crippen molar-refractivity contribution in [3.63, 3.8) is 0 Å². The maximum Gasteiger partial charge on any atom is 0.160 e. The van der Waals surface area contributed by atoms with Crippen LogP contribution in [0.5, 0.6) is 0 Å². The highest BCUT2D eigenvalue weighted by Crippen LogP contribution is 2.43. The van der Waals surface area contributed by atoms with E-state index in [1.54, 1.807) is 4.90 Å². The van der Waals surface area contributed by atoms with E-state index in [0.717, 1.165) is 64.4 Å². The second-order valence-corrected chi connectivity index (χ2v) is 10.3. The Labute approximate surface area is 213 Å². The van der Waals surface area contributed by atoms with Gasteiger partial charge in [-0.25, -0.2) is 13.8 Å². The lowest BCUT2D eigenvalue weighted by Gasteiger charge is -2.33. The van der Waals surface area contributed by atoms with Crippen molar-refractivity contribution in [1.82, 2.24) is 14.7 Å². The Morgan fingerprint density at radius 1 is 0.919 bits per heavy atom. The largest absolute Gasteiger partial charge is 0.393 e. The fourth-order valence-corrected chi connectivity index (χ4v) is 6.15. The van der Waals surface area contributed by atoms with Gasteiger partial charge in [0.05, 0.1) is 28.9 Å². The molecule has 2 fully saturated rings. The maximum atomic E-state index is 14.2. The highest BCUT2D eigenvalue weighted by molar-refractivity contribution is 5.84. The van der Waals surface area contributed by atoms with Gasteiger partial charge in [-0.2, -0.15) is 0 Å². The van der Waals surface area contributed by atoms with Crippen LogP contribution in [0.2, 0.25) is 0 Å². The lowest BCUT2D eigenvalue weighted by molar-refractivity contribution is 0.110. The number of anilines is 1. The molecule has 3 heterocycles. The van der Waals surface area contributed by atoms with Crippen molar-refractivity contribution in [3.05, 3.63) is 65.3 Å². The van der Waals surface area contributed by atoms with E-state index in [4.69, 9.17) is 9.51 Å². The Hall–Kier alpha value is -3.30. The first-order valence-electron chi connectivity index (χ1n) is 12.9. The number of rotatable bonds is 4. The van der Waals surface area contributed by atoms with Crippen molar-refractivity contribution in [3.8, 4) is 11.1 Å². The first-order chi connectivity index (χ1) is 17.8. The molecule has 1 unspecified atom stereocenters. The van der Waals surface area contributed by atoms with E-state index in [2.05, 4.69) is 15.8 Å². The van der Waals surface area contributed by atoms with E-state index in [1.165, 1.54) is 6.07 Å². The van der Waals surface area contributed by atoms with Crippen molar-refractivity contribution in [2.45, 2.75) is 76.8 Å². The molecule has 1 aliphatic carbocycles. The number of aromatic nitrogens is 3. The van der Waals surface area contributed by atoms with Crippen molar-refractivity contribution in [1.29, 1.82) is 0 Å². The molecule has 2 N–H and O–H groups in total. The number of hydrogen-bond acceptors (Lipinski definition) is 6. The molecular weight excluding hydrogens is 478 g/mol. The van der Waals surface area contributed by atoms with Crippen molar-refractivity contribution in [2.24, 2.45) is 0 Å². The SMILES string of the molecule is Cc1noc(C)c1-c1ccc2c(c1)nc([C@@H]1CCC(O)N1c1ccc(F)c(F)c1)n2C1CCC(O)CC1. The third-order valence-electron chi connectivity index (χ3n) is 7.92. The van der Waals surface area contributed by atoms with Crippen LogP contribution in [0.25, 0.3) is 22.2 Å². The van der Waals surface area contributed by atoms with Crippen LogP contribution in [0.3, 0.4) is 0 Å². The van der Waals surface area contributed by atoms with Crippen molar-refractivity contribution < 1.29 is 23.5 Å². The molecular formula is C28H30F2N4O3. The zero-order valence-electron chi connectivity index (χ0n) is 20.9. The van der Waals surface area contributed by atoms with Gasteiger partial charge in [-0.15, -0.1) is 0 Å². The fraction of sp³-hybridized carbons (Fsp3) is 0.429. The lowest BCUT2D eigenvalue weighted by Crippen LogP contribution is -2.33. The quantitative estimate of drug-likeness (QED) is 0.367. The highest BCUT2D eigenvalue weighted by Gasteiger charge is 2.38. The van der Waals surface area contributed by atoms with Crippen molar-refractivity contribution >= 4 is 16.7 Å². The van der Waals surface area contributed by atoms with Gasteiger partial charge in [0.15, 0.2) is 11.6 Å². The molecule has 37 heavy (non-hydrogen) atoms. The van der Waals surface area contributed by atoms with Crippen LogP contribution in [0, 0.1) is 25.5 Å². The molecule has 194 valence electrons. The van der Waals surface area contributed by atoms with Crippen LogP contribution >= 0.6 is 0 Å². The average molecular weight is 509 g/mol. The zero-order valence-corrected chi connectivity index (χ0v) is 20.9. The molecule has 4 aromatic rings. The molecule has 9 heteroatoms. The number of imidazole rings is 1. The number of aliphatic hydroxyl groups excluding tert-OH is 2. The van der Waals surface area contributed by atoms with Gasteiger partial charge in [0.1, 0.15) is 17.8 Å². The molecule has 1 aliphatic heterocycles. The maximum absolute atomic E-state index is 14.2. The second kappa shape index (κ2) is 9.22. The van der Waals surface area contributed by atoms with Crippen molar-refractivity contribution in [2.75, 3.05) is 4.90 Å². The zero-order chi connectivity index (χ0) is 25.8. The first kappa shape index (κ1) is 24.1. The normalized spacial score (nSPS) is 24.3. The van der Waals surface area contributed by atoms with Gasteiger partial charge in [-0.3, -0.25) is 0 Å². The lowest BCUT2D eigenvalue weighted by atomic mass is 9.92. The van der Waals surface area contributed by atoms with Gasteiger partial charge in [0, 0.05) is 23.4 Å². The average Bonchev–Trinajstić information content (AvgIpc) is 3.55. The van der Waals surface area contributed by atoms with Crippen LogP contribution in [0.4, 0.5) is 14.5 Å². The number of hydrogen-bond donors (Lipinski definition) is 2. The molecule has 0 spiro atoms. The molecule has 2 aromatic heterocycles. The van der Waals surface area contributed by atoms with Gasteiger partial charge in [0.2, 0.25) is 0 Å².